The van der Waals surface area contributed by atoms with Crippen molar-refractivity contribution in [1.29, 1.82) is 5.26 Å². The summed E-state index contributed by atoms with van der Waals surface area (Å²) in [5.74, 6) is 0. The predicted molar refractivity (Wildman–Crippen MR) is 77.9 cm³/mol. The third kappa shape index (κ3) is 3.65. The highest BCUT2D eigenvalue weighted by Gasteiger charge is 2.00. The molecule has 0 aliphatic rings. The second-order valence-electron chi connectivity index (χ2n) is 4.18. The molecule has 0 amide bonds. The fraction of sp³-hybridized carbons (Fsp3) is 0.0588. The smallest absolute Gasteiger partial charge is 0.101 e. The zero-order chi connectivity index (χ0) is 13.5. The number of rotatable bonds is 3. The second kappa shape index (κ2) is 6.32. The zero-order valence-electron chi connectivity index (χ0n) is 10.7. The van der Waals surface area contributed by atoms with Gasteiger partial charge in [0.15, 0.2) is 0 Å². The van der Waals surface area contributed by atoms with Crippen LogP contribution in [0, 0.1) is 11.3 Å². The largest absolute Gasteiger partial charge is 0.256 e. The van der Waals surface area contributed by atoms with Crippen LogP contribution in [-0.2, 0) is 0 Å². The lowest BCUT2D eigenvalue weighted by molar-refractivity contribution is 1.28. The van der Waals surface area contributed by atoms with E-state index in [-0.39, 0.29) is 0 Å². The van der Waals surface area contributed by atoms with Gasteiger partial charge in [0.1, 0.15) is 6.07 Å². The van der Waals surface area contributed by atoms with E-state index in [4.69, 9.17) is 0 Å². The van der Waals surface area contributed by atoms with Crippen LogP contribution in [0.25, 0.3) is 11.6 Å². The number of nitriles is 1. The van der Waals surface area contributed by atoms with Crippen LogP contribution < -0.4 is 0 Å². The molecule has 0 saturated heterocycles. The molecule has 0 aliphatic heterocycles. The molecule has 92 valence electrons. The molecule has 0 atom stereocenters. The second-order valence-corrected chi connectivity index (χ2v) is 4.18. The van der Waals surface area contributed by atoms with E-state index in [1.54, 1.807) is 6.20 Å². The Kier molecular flexibility index (Phi) is 4.25. The summed E-state index contributed by atoms with van der Waals surface area (Å²) in [5, 5.41) is 9.21. The van der Waals surface area contributed by atoms with E-state index in [9.17, 15) is 5.26 Å². The van der Waals surface area contributed by atoms with E-state index in [1.807, 2.05) is 67.6 Å². The van der Waals surface area contributed by atoms with Crippen molar-refractivity contribution in [2.75, 3.05) is 0 Å². The van der Waals surface area contributed by atoms with Gasteiger partial charge in [0, 0.05) is 6.20 Å². The zero-order valence-corrected chi connectivity index (χ0v) is 10.7. The van der Waals surface area contributed by atoms with E-state index in [1.165, 1.54) is 0 Å². The molecule has 1 aromatic heterocycles. The first kappa shape index (κ1) is 12.8. The molecule has 1 aromatic carbocycles. The van der Waals surface area contributed by atoms with Gasteiger partial charge in [-0.05, 0) is 36.3 Å². The number of allylic oxidation sites excluding steroid dienone is 3. The van der Waals surface area contributed by atoms with Crippen molar-refractivity contribution in [3.05, 3.63) is 77.6 Å². The molecule has 1 heterocycles. The molecule has 2 heteroatoms. The Morgan fingerprint density at radius 3 is 2.47 bits per heavy atom. The predicted octanol–water partition coefficient (Wildman–Crippen LogP) is 4.09. The average molecular weight is 246 g/mol. The fourth-order valence-corrected chi connectivity index (χ4v) is 1.77. The lowest BCUT2D eigenvalue weighted by Gasteiger charge is -1.99. The van der Waals surface area contributed by atoms with Gasteiger partial charge < -0.3 is 0 Å². The van der Waals surface area contributed by atoms with Crippen LogP contribution >= 0.6 is 0 Å². The standard InChI is InChI=1S/C17H14N2/c1-14(11-15-7-3-2-4-8-15)12-16(13-18)17-9-5-6-10-19-17/h2-12H,1H3/b14-11+,16-12+. The van der Waals surface area contributed by atoms with E-state index < -0.39 is 0 Å². The van der Waals surface area contributed by atoms with Gasteiger partial charge in [-0.2, -0.15) is 5.26 Å². The fourth-order valence-electron chi connectivity index (χ4n) is 1.77. The third-order valence-electron chi connectivity index (χ3n) is 2.63. The molecule has 2 aromatic rings. The number of aromatic nitrogens is 1. The molecule has 0 aliphatic carbocycles. The first-order chi connectivity index (χ1) is 9.29. The highest BCUT2D eigenvalue weighted by atomic mass is 14.7. The van der Waals surface area contributed by atoms with Gasteiger partial charge in [-0.1, -0.05) is 42.5 Å². The number of hydrogen-bond donors (Lipinski definition) is 0. The summed E-state index contributed by atoms with van der Waals surface area (Å²) < 4.78 is 0. The minimum atomic E-state index is 0.574. The molecular formula is C17H14N2. The first-order valence-electron chi connectivity index (χ1n) is 6.06. The summed E-state index contributed by atoms with van der Waals surface area (Å²) in [6.45, 7) is 1.98. The van der Waals surface area contributed by atoms with Gasteiger partial charge in [0.05, 0.1) is 11.3 Å². The maximum atomic E-state index is 9.21. The van der Waals surface area contributed by atoms with Crippen molar-refractivity contribution < 1.29 is 0 Å². The van der Waals surface area contributed by atoms with Crippen LogP contribution in [0.3, 0.4) is 0 Å². The summed E-state index contributed by atoms with van der Waals surface area (Å²) in [4.78, 5) is 4.19. The van der Waals surface area contributed by atoms with E-state index in [2.05, 4.69) is 11.1 Å². The number of benzene rings is 1. The van der Waals surface area contributed by atoms with Crippen LogP contribution in [0.1, 0.15) is 18.2 Å². The lowest BCUT2D eigenvalue weighted by atomic mass is 10.1. The molecule has 0 N–H and O–H groups in total. The van der Waals surface area contributed by atoms with Crippen LogP contribution in [0.15, 0.2) is 66.4 Å². The Hall–Kier alpha value is -2.66. The summed E-state index contributed by atoms with van der Waals surface area (Å²) >= 11 is 0. The van der Waals surface area contributed by atoms with Gasteiger partial charge in [-0.3, -0.25) is 4.98 Å². The minimum absolute atomic E-state index is 0.574. The quantitative estimate of drug-likeness (QED) is 0.604. The molecule has 2 nitrogen and oxygen atoms in total. The van der Waals surface area contributed by atoms with Gasteiger partial charge in [-0.25, -0.2) is 0 Å². The number of hydrogen-bond acceptors (Lipinski definition) is 2. The maximum absolute atomic E-state index is 9.21. The van der Waals surface area contributed by atoms with E-state index in [0.717, 1.165) is 11.1 Å². The molecule has 0 fully saturated rings. The Morgan fingerprint density at radius 2 is 1.84 bits per heavy atom. The number of pyridine rings is 1. The monoisotopic (exact) mass is 246 g/mol. The molecule has 0 saturated carbocycles. The molecule has 0 unspecified atom stereocenters. The minimum Gasteiger partial charge on any atom is -0.256 e. The Labute approximate surface area is 113 Å². The highest BCUT2D eigenvalue weighted by Crippen LogP contribution is 2.15. The SMILES string of the molecule is CC(/C=C(\C#N)c1ccccn1)=C\c1ccccc1. The van der Waals surface area contributed by atoms with Gasteiger partial charge >= 0.3 is 0 Å². The Balaban J connectivity index is 2.29. The molecule has 0 spiro atoms. The molecule has 2 rings (SSSR count). The van der Waals surface area contributed by atoms with Crippen molar-refractivity contribution in [3.8, 4) is 6.07 Å². The topological polar surface area (TPSA) is 36.7 Å². The summed E-state index contributed by atoms with van der Waals surface area (Å²) in [6.07, 6.45) is 5.59. The Morgan fingerprint density at radius 1 is 1.11 bits per heavy atom. The van der Waals surface area contributed by atoms with Crippen molar-refractivity contribution >= 4 is 11.6 Å². The molecular weight excluding hydrogens is 232 g/mol. The summed E-state index contributed by atoms with van der Waals surface area (Å²) in [5.41, 5.74) is 3.42. The number of nitrogens with zero attached hydrogens (tertiary/aromatic N) is 2. The van der Waals surface area contributed by atoms with Crippen molar-refractivity contribution in [2.24, 2.45) is 0 Å². The van der Waals surface area contributed by atoms with Crippen molar-refractivity contribution in [3.63, 3.8) is 0 Å². The maximum Gasteiger partial charge on any atom is 0.101 e. The van der Waals surface area contributed by atoms with Crippen molar-refractivity contribution in [1.82, 2.24) is 4.98 Å². The van der Waals surface area contributed by atoms with Crippen LogP contribution in [0.2, 0.25) is 0 Å². The van der Waals surface area contributed by atoms with Crippen LogP contribution in [0.4, 0.5) is 0 Å². The molecule has 0 bridgehead atoms. The average Bonchev–Trinajstić information content (AvgIpc) is 2.47. The first-order valence-corrected chi connectivity index (χ1v) is 6.06. The Bertz CT molecular complexity index is 632. The normalized spacial score (nSPS) is 12.0. The van der Waals surface area contributed by atoms with Crippen LogP contribution in [-0.4, -0.2) is 4.98 Å². The summed E-state index contributed by atoms with van der Waals surface area (Å²) in [7, 11) is 0. The molecule has 0 radical (unpaired) electrons. The van der Waals surface area contributed by atoms with Gasteiger partial charge in [-0.15, -0.1) is 0 Å². The van der Waals surface area contributed by atoms with E-state index >= 15 is 0 Å². The highest BCUT2D eigenvalue weighted by molar-refractivity contribution is 5.77. The van der Waals surface area contributed by atoms with Crippen LogP contribution in [0.5, 0.6) is 0 Å². The third-order valence-corrected chi connectivity index (χ3v) is 2.63. The van der Waals surface area contributed by atoms with Crippen molar-refractivity contribution in [2.45, 2.75) is 6.92 Å². The lowest BCUT2D eigenvalue weighted by Crippen LogP contribution is -1.86. The van der Waals surface area contributed by atoms with E-state index in [0.29, 0.717) is 11.3 Å². The van der Waals surface area contributed by atoms with Gasteiger partial charge in [0.2, 0.25) is 0 Å². The van der Waals surface area contributed by atoms with Gasteiger partial charge in [0.25, 0.3) is 0 Å². The summed E-state index contributed by atoms with van der Waals surface area (Å²) in [6, 6.07) is 17.8. The molecule has 19 heavy (non-hydrogen) atoms.